The average molecular weight is 381 g/mol. The molecule has 2 aromatic rings. The summed E-state index contributed by atoms with van der Waals surface area (Å²) in [6, 6.07) is 12.7. The first-order valence-corrected chi connectivity index (χ1v) is 11.4. The van der Waals surface area contributed by atoms with Crippen LogP contribution in [0, 0.1) is 13.8 Å². The molecule has 0 aliphatic rings. The topological polar surface area (TPSA) is 68.3 Å². The fraction of sp³-hybridized carbons (Fsp3) is 0.368. The van der Waals surface area contributed by atoms with Gasteiger partial charge in [-0.05, 0) is 44.5 Å². The van der Waals surface area contributed by atoms with Crippen LogP contribution in [0.25, 0.3) is 0 Å². The molecule has 4 nitrogen and oxygen atoms in total. The van der Waals surface area contributed by atoms with Crippen LogP contribution in [0.5, 0.6) is 0 Å². The van der Waals surface area contributed by atoms with Crippen LogP contribution in [0.1, 0.15) is 37.3 Å². The van der Waals surface area contributed by atoms with E-state index in [9.17, 15) is 16.8 Å². The predicted molar refractivity (Wildman–Crippen MR) is 100 cm³/mol. The Hall–Kier alpha value is -1.66. The maximum absolute atomic E-state index is 13.1. The van der Waals surface area contributed by atoms with Crippen LogP contribution in [0.15, 0.2) is 58.3 Å². The predicted octanol–water partition coefficient (Wildman–Crippen LogP) is 4.07. The molecule has 0 aliphatic heterocycles. The van der Waals surface area contributed by atoms with E-state index in [0.717, 1.165) is 17.5 Å². The van der Waals surface area contributed by atoms with Gasteiger partial charge in [-0.15, -0.1) is 0 Å². The second-order valence-corrected chi connectivity index (χ2v) is 10.8. The van der Waals surface area contributed by atoms with Crippen molar-refractivity contribution in [2.75, 3.05) is 0 Å². The highest BCUT2D eigenvalue weighted by molar-refractivity contribution is 8.09. The van der Waals surface area contributed by atoms with Gasteiger partial charge in [0.25, 0.3) is 0 Å². The van der Waals surface area contributed by atoms with Crippen molar-refractivity contribution in [1.29, 1.82) is 0 Å². The Morgan fingerprint density at radius 3 is 1.40 bits per heavy atom. The number of benzene rings is 2. The number of sulfone groups is 2. The number of rotatable bonds is 7. The maximum Gasteiger partial charge on any atom is 0.195 e. The molecule has 25 heavy (non-hydrogen) atoms. The van der Waals surface area contributed by atoms with Gasteiger partial charge in [0.05, 0.1) is 9.79 Å². The molecule has 0 unspecified atom stereocenters. The summed E-state index contributed by atoms with van der Waals surface area (Å²) in [5.41, 5.74) is 1.84. The molecule has 0 bridgehead atoms. The number of unbranched alkanes of at least 4 members (excludes halogenated alkanes) is 1. The highest BCUT2D eigenvalue weighted by atomic mass is 32.3. The molecule has 2 aromatic carbocycles. The van der Waals surface area contributed by atoms with Crippen molar-refractivity contribution in [3.63, 3.8) is 0 Å². The van der Waals surface area contributed by atoms with Gasteiger partial charge in [-0.25, -0.2) is 16.8 Å². The summed E-state index contributed by atoms with van der Waals surface area (Å²) in [7, 11) is -7.99. The summed E-state index contributed by atoms with van der Waals surface area (Å²) < 4.78 is 50.8. The molecule has 0 saturated carbocycles. The second-order valence-electron chi connectivity index (χ2n) is 6.29. The van der Waals surface area contributed by atoms with E-state index < -0.39 is 24.3 Å². The zero-order valence-corrected chi connectivity index (χ0v) is 16.4. The van der Waals surface area contributed by atoms with Crippen molar-refractivity contribution in [3.05, 3.63) is 59.7 Å². The van der Waals surface area contributed by atoms with Crippen molar-refractivity contribution in [2.24, 2.45) is 0 Å². The summed E-state index contributed by atoms with van der Waals surface area (Å²) >= 11 is 0. The molecule has 0 amide bonds. The van der Waals surface area contributed by atoms with E-state index in [1.54, 1.807) is 24.3 Å². The fourth-order valence-electron chi connectivity index (χ4n) is 2.61. The molecule has 6 heteroatoms. The van der Waals surface area contributed by atoms with Crippen molar-refractivity contribution < 1.29 is 16.8 Å². The monoisotopic (exact) mass is 380 g/mol. The molecule has 0 atom stereocenters. The van der Waals surface area contributed by atoms with E-state index >= 15 is 0 Å². The van der Waals surface area contributed by atoms with E-state index in [4.69, 9.17) is 0 Å². The quantitative estimate of drug-likeness (QED) is 0.726. The molecular weight excluding hydrogens is 356 g/mol. The van der Waals surface area contributed by atoms with Crippen LogP contribution in [0.3, 0.4) is 0 Å². The number of aryl methyl sites for hydroxylation is 2. The van der Waals surface area contributed by atoms with E-state index in [-0.39, 0.29) is 16.2 Å². The standard InChI is InChI=1S/C19H24O4S2/c1-4-5-6-19(24(20,21)17-11-7-15(2)8-12-17)25(22,23)18-13-9-16(3)10-14-18/h7-14,19H,4-6H2,1-3H3. The van der Waals surface area contributed by atoms with Crippen LogP contribution in [-0.4, -0.2) is 21.4 Å². The molecule has 0 aliphatic carbocycles. The Labute approximate surface area is 150 Å². The Balaban J connectivity index is 2.54. The van der Waals surface area contributed by atoms with Crippen LogP contribution >= 0.6 is 0 Å². The van der Waals surface area contributed by atoms with Gasteiger partial charge >= 0.3 is 0 Å². The first kappa shape index (κ1) is 19.7. The highest BCUT2D eigenvalue weighted by Crippen LogP contribution is 2.29. The van der Waals surface area contributed by atoms with Gasteiger partial charge in [0, 0.05) is 0 Å². The molecule has 0 aromatic heterocycles. The van der Waals surface area contributed by atoms with Gasteiger partial charge < -0.3 is 0 Å². The largest absolute Gasteiger partial charge is 0.222 e. The Morgan fingerprint density at radius 1 is 0.720 bits per heavy atom. The van der Waals surface area contributed by atoms with Gasteiger partial charge in [0.1, 0.15) is 0 Å². The maximum atomic E-state index is 13.1. The van der Waals surface area contributed by atoms with E-state index in [1.807, 2.05) is 20.8 Å². The Morgan fingerprint density at radius 2 is 1.08 bits per heavy atom. The van der Waals surface area contributed by atoms with Crippen molar-refractivity contribution in [2.45, 2.75) is 54.4 Å². The van der Waals surface area contributed by atoms with Gasteiger partial charge in [-0.2, -0.15) is 0 Å². The SMILES string of the molecule is CCCCC(S(=O)(=O)c1ccc(C)cc1)S(=O)(=O)c1ccc(C)cc1. The van der Waals surface area contributed by atoms with Gasteiger partial charge in [-0.3, -0.25) is 0 Å². The van der Waals surface area contributed by atoms with Crippen molar-refractivity contribution in [3.8, 4) is 0 Å². The molecule has 2 rings (SSSR count). The van der Waals surface area contributed by atoms with Crippen LogP contribution in [0.4, 0.5) is 0 Å². The summed E-state index contributed by atoms with van der Waals surface area (Å²) in [4.78, 5) is 0.102. The molecule has 0 radical (unpaired) electrons. The van der Waals surface area contributed by atoms with Crippen molar-refractivity contribution in [1.82, 2.24) is 0 Å². The molecule has 136 valence electrons. The lowest BCUT2D eigenvalue weighted by Gasteiger charge is -2.18. The summed E-state index contributed by atoms with van der Waals surface area (Å²) in [5, 5.41) is 0. The third kappa shape index (κ3) is 4.30. The van der Waals surface area contributed by atoms with Crippen LogP contribution < -0.4 is 0 Å². The zero-order valence-electron chi connectivity index (χ0n) is 14.8. The minimum Gasteiger partial charge on any atom is -0.222 e. The van der Waals surface area contributed by atoms with Gasteiger partial charge in [0.2, 0.25) is 0 Å². The Bertz CT molecular complexity index is 835. The number of hydrogen-bond donors (Lipinski definition) is 0. The second kappa shape index (κ2) is 7.70. The smallest absolute Gasteiger partial charge is 0.195 e. The van der Waals surface area contributed by atoms with Gasteiger partial charge in [0.15, 0.2) is 24.3 Å². The lowest BCUT2D eigenvalue weighted by molar-refractivity contribution is 0.564. The van der Waals surface area contributed by atoms with Crippen molar-refractivity contribution >= 4 is 19.7 Å². The summed E-state index contributed by atoms with van der Waals surface area (Å²) in [6.45, 7) is 5.62. The van der Waals surface area contributed by atoms with E-state index in [2.05, 4.69) is 0 Å². The highest BCUT2D eigenvalue weighted by Gasteiger charge is 2.39. The average Bonchev–Trinajstić information content (AvgIpc) is 2.55. The van der Waals surface area contributed by atoms with E-state index in [0.29, 0.717) is 6.42 Å². The molecule has 0 heterocycles. The third-order valence-electron chi connectivity index (χ3n) is 4.18. The normalized spacial score (nSPS) is 12.5. The zero-order chi connectivity index (χ0) is 18.7. The summed E-state index contributed by atoms with van der Waals surface area (Å²) in [5.74, 6) is 0. The van der Waals surface area contributed by atoms with Crippen LogP contribution in [-0.2, 0) is 19.7 Å². The molecule has 0 saturated heterocycles. The third-order valence-corrected chi connectivity index (χ3v) is 9.42. The minimum atomic E-state index is -3.99. The first-order valence-electron chi connectivity index (χ1n) is 8.30. The fourth-order valence-corrected chi connectivity index (χ4v) is 7.20. The molecule has 0 fully saturated rings. The molecule has 0 N–H and O–H groups in total. The molecular formula is C19H24O4S2. The Kier molecular flexibility index (Phi) is 6.06. The van der Waals surface area contributed by atoms with Crippen LogP contribution in [0.2, 0.25) is 0 Å². The molecule has 0 spiro atoms. The minimum absolute atomic E-state index is 0.0508. The van der Waals surface area contributed by atoms with Gasteiger partial charge in [-0.1, -0.05) is 55.2 Å². The lowest BCUT2D eigenvalue weighted by Crippen LogP contribution is -2.31. The van der Waals surface area contributed by atoms with E-state index in [1.165, 1.54) is 24.3 Å². The first-order chi connectivity index (χ1) is 11.7. The summed E-state index contributed by atoms with van der Waals surface area (Å²) in [6.07, 6.45) is 1.34. The number of hydrogen-bond acceptors (Lipinski definition) is 4. The lowest BCUT2D eigenvalue weighted by atomic mass is 10.2.